The number of carbonyl (C=O) groups is 1. The number of rotatable bonds is 7. The summed E-state index contributed by atoms with van der Waals surface area (Å²) in [5, 5.41) is 2.88. The fourth-order valence-electron chi connectivity index (χ4n) is 2.30. The Balaban J connectivity index is 1.77. The highest BCUT2D eigenvalue weighted by Gasteiger charge is 2.11. The van der Waals surface area contributed by atoms with Gasteiger partial charge in [0.25, 0.3) is 5.91 Å². The van der Waals surface area contributed by atoms with Crippen LogP contribution in [-0.4, -0.2) is 23.5 Å². The third-order valence-electron chi connectivity index (χ3n) is 3.56. The highest BCUT2D eigenvalue weighted by atomic mass is 16.5. The van der Waals surface area contributed by atoms with Crippen molar-refractivity contribution in [2.45, 2.75) is 32.7 Å². The lowest BCUT2D eigenvalue weighted by molar-refractivity contribution is -0.123. The number of H-pyrrole nitrogens is 1. The molecule has 1 amide bonds. The van der Waals surface area contributed by atoms with E-state index in [0.29, 0.717) is 5.69 Å². The number of hydrogen-bond acceptors (Lipinski definition) is 3. The maximum Gasteiger partial charge on any atom is 0.258 e. The van der Waals surface area contributed by atoms with E-state index >= 15 is 0 Å². The lowest BCUT2D eigenvalue weighted by Gasteiger charge is -2.14. The van der Waals surface area contributed by atoms with Crippen molar-refractivity contribution >= 4 is 5.91 Å². The molecule has 1 atom stereocenters. The summed E-state index contributed by atoms with van der Waals surface area (Å²) in [5.41, 5.74) is 1.63. The maximum atomic E-state index is 11.9. The van der Waals surface area contributed by atoms with Gasteiger partial charge in [-0.3, -0.25) is 9.59 Å². The summed E-state index contributed by atoms with van der Waals surface area (Å²) in [5.74, 6) is -0.0344. The molecule has 5 heteroatoms. The smallest absolute Gasteiger partial charge is 0.258 e. The van der Waals surface area contributed by atoms with Gasteiger partial charge in [0.15, 0.2) is 12.4 Å². The first-order valence-electron chi connectivity index (χ1n) is 7.70. The van der Waals surface area contributed by atoms with E-state index in [1.165, 1.54) is 11.6 Å². The Morgan fingerprint density at radius 3 is 2.70 bits per heavy atom. The van der Waals surface area contributed by atoms with Gasteiger partial charge in [0, 0.05) is 18.3 Å². The fraction of sp³-hybridized carbons (Fsp3) is 0.333. The van der Waals surface area contributed by atoms with Crippen LogP contribution in [0.3, 0.4) is 0 Å². The zero-order chi connectivity index (χ0) is 16.7. The maximum absolute atomic E-state index is 11.9. The van der Waals surface area contributed by atoms with Crippen molar-refractivity contribution in [1.82, 2.24) is 10.3 Å². The van der Waals surface area contributed by atoms with Gasteiger partial charge >= 0.3 is 0 Å². The minimum absolute atomic E-state index is 0.0430. The van der Waals surface area contributed by atoms with Gasteiger partial charge in [0.05, 0.1) is 5.69 Å². The normalized spacial score (nSPS) is 11.7. The fourth-order valence-corrected chi connectivity index (χ4v) is 2.30. The van der Waals surface area contributed by atoms with Crippen LogP contribution in [0.4, 0.5) is 0 Å². The van der Waals surface area contributed by atoms with Crippen LogP contribution in [0.25, 0.3) is 0 Å². The third-order valence-corrected chi connectivity index (χ3v) is 3.56. The largest absolute Gasteiger partial charge is 0.478 e. The molecule has 122 valence electrons. The molecule has 2 rings (SSSR count). The van der Waals surface area contributed by atoms with E-state index in [0.717, 1.165) is 12.8 Å². The molecule has 5 nitrogen and oxygen atoms in total. The van der Waals surface area contributed by atoms with Crippen LogP contribution < -0.4 is 15.5 Å². The van der Waals surface area contributed by atoms with E-state index in [1.807, 2.05) is 25.1 Å². The number of carbonyl (C=O) groups excluding carboxylic acids is 1. The first-order valence-corrected chi connectivity index (χ1v) is 7.70. The second-order valence-corrected chi connectivity index (χ2v) is 5.58. The van der Waals surface area contributed by atoms with Crippen LogP contribution in [0.15, 0.2) is 47.4 Å². The molecule has 0 bridgehead atoms. The van der Waals surface area contributed by atoms with E-state index in [9.17, 15) is 9.59 Å². The molecule has 0 spiro atoms. The minimum atomic E-state index is -0.230. The van der Waals surface area contributed by atoms with Crippen LogP contribution in [0.2, 0.25) is 0 Å². The SMILES string of the molecule is Cc1[nH]ccc(=O)c1OCC(=O)N[C@H](C)CCc1ccccc1. The quantitative estimate of drug-likeness (QED) is 0.823. The van der Waals surface area contributed by atoms with Gasteiger partial charge < -0.3 is 15.0 Å². The zero-order valence-corrected chi connectivity index (χ0v) is 13.5. The Morgan fingerprint density at radius 2 is 2.00 bits per heavy atom. The summed E-state index contributed by atoms with van der Waals surface area (Å²) >= 11 is 0. The van der Waals surface area contributed by atoms with Crippen molar-refractivity contribution in [2.75, 3.05) is 6.61 Å². The molecule has 0 saturated carbocycles. The predicted octanol–water partition coefficient (Wildman–Crippen LogP) is 2.20. The molecular formula is C18H22N2O3. The number of hydrogen-bond donors (Lipinski definition) is 2. The van der Waals surface area contributed by atoms with E-state index in [4.69, 9.17) is 4.74 Å². The van der Waals surface area contributed by atoms with Crippen LogP contribution in [0.5, 0.6) is 5.75 Å². The molecule has 1 aromatic carbocycles. The van der Waals surface area contributed by atoms with E-state index in [1.54, 1.807) is 13.1 Å². The van der Waals surface area contributed by atoms with Gasteiger partial charge in [-0.2, -0.15) is 0 Å². The second-order valence-electron chi connectivity index (χ2n) is 5.58. The number of aromatic amines is 1. The Kier molecular flexibility index (Phi) is 5.97. The number of nitrogens with one attached hydrogen (secondary N) is 2. The van der Waals surface area contributed by atoms with Gasteiger partial charge in [0.2, 0.25) is 5.43 Å². The molecule has 23 heavy (non-hydrogen) atoms. The molecule has 0 aliphatic carbocycles. The van der Waals surface area contributed by atoms with Crippen LogP contribution in [0.1, 0.15) is 24.6 Å². The van der Waals surface area contributed by atoms with E-state index in [2.05, 4.69) is 22.4 Å². The molecule has 1 heterocycles. The molecular weight excluding hydrogens is 292 g/mol. The topological polar surface area (TPSA) is 71.2 Å². The van der Waals surface area contributed by atoms with Crippen molar-refractivity contribution in [1.29, 1.82) is 0 Å². The summed E-state index contributed by atoms with van der Waals surface area (Å²) in [6.45, 7) is 3.53. The minimum Gasteiger partial charge on any atom is -0.478 e. The van der Waals surface area contributed by atoms with Crippen molar-refractivity contribution < 1.29 is 9.53 Å². The standard InChI is InChI=1S/C18H22N2O3/c1-13(8-9-15-6-4-3-5-7-15)20-17(22)12-23-18-14(2)19-11-10-16(18)21/h3-7,10-11,13H,8-9,12H2,1-2H3,(H,19,21)(H,20,22)/t13-/m1/s1. The van der Waals surface area contributed by atoms with Crippen LogP contribution in [0, 0.1) is 6.92 Å². The molecule has 0 fully saturated rings. The predicted molar refractivity (Wildman–Crippen MR) is 89.7 cm³/mol. The molecule has 2 aromatic rings. The monoisotopic (exact) mass is 314 g/mol. The number of pyridine rings is 1. The number of aryl methyl sites for hydroxylation is 2. The number of ether oxygens (including phenoxy) is 1. The Hall–Kier alpha value is -2.56. The highest BCUT2D eigenvalue weighted by molar-refractivity contribution is 5.77. The summed E-state index contributed by atoms with van der Waals surface area (Å²) in [7, 11) is 0. The summed E-state index contributed by atoms with van der Waals surface area (Å²) in [4.78, 5) is 26.5. The average Bonchev–Trinajstić information content (AvgIpc) is 2.53. The van der Waals surface area contributed by atoms with Crippen LogP contribution >= 0.6 is 0 Å². The first kappa shape index (κ1) is 16.8. The molecule has 0 radical (unpaired) electrons. The van der Waals surface area contributed by atoms with Gasteiger partial charge in [-0.05, 0) is 32.3 Å². The first-order chi connectivity index (χ1) is 11.1. The van der Waals surface area contributed by atoms with Crippen molar-refractivity contribution in [3.63, 3.8) is 0 Å². The molecule has 0 aliphatic rings. The lowest BCUT2D eigenvalue weighted by atomic mass is 10.1. The molecule has 0 saturated heterocycles. The Bertz CT molecular complexity index is 695. The summed E-state index contributed by atoms with van der Waals surface area (Å²) in [6, 6.07) is 11.6. The van der Waals surface area contributed by atoms with E-state index in [-0.39, 0.29) is 29.7 Å². The average molecular weight is 314 g/mol. The van der Waals surface area contributed by atoms with Crippen LogP contribution in [-0.2, 0) is 11.2 Å². The van der Waals surface area contributed by atoms with E-state index < -0.39 is 0 Å². The summed E-state index contributed by atoms with van der Waals surface area (Å²) < 4.78 is 5.34. The molecule has 2 N–H and O–H groups in total. The van der Waals surface area contributed by atoms with Gasteiger partial charge in [-0.15, -0.1) is 0 Å². The number of amides is 1. The zero-order valence-electron chi connectivity index (χ0n) is 13.5. The number of aromatic nitrogens is 1. The molecule has 0 aliphatic heterocycles. The molecule has 0 unspecified atom stereocenters. The Morgan fingerprint density at radius 1 is 1.26 bits per heavy atom. The third kappa shape index (κ3) is 5.29. The Labute approximate surface area is 135 Å². The van der Waals surface area contributed by atoms with Crippen molar-refractivity contribution in [2.24, 2.45) is 0 Å². The molecule has 1 aromatic heterocycles. The van der Waals surface area contributed by atoms with Gasteiger partial charge in [-0.1, -0.05) is 30.3 Å². The lowest BCUT2D eigenvalue weighted by Crippen LogP contribution is -2.36. The van der Waals surface area contributed by atoms with Crippen molar-refractivity contribution in [3.8, 4) is 5.75 Å². The summed E-state index contributed by atoms with van der Waals surface area (Å²) in [6.07, 6.45) is 3.30. The number of benzene rings is 1. The second kappa shape index (κ2) is 8.17. The highest BCUT2D eigenvalue weighted by Crippen LogP contribution is 2.07. The van der Waals surface area contributed by atoms with Gasteiger partial charge in [-0.25, -0.2) is 0 Å². The van der Waals surface area contributed by atoms with Crippen molar-refractivity contribution in [3.05, 3.63) is 64.1 Å². The van der Waals surface area contributed by atoms with Gasteiger partial charge in [0.1, 0.15) is 0 Å².